The average Bonchev–Trinajstić information content (AvgIpc) is 2.98. The number of fused-ring (bicyclic) bond motifs is 1. The number of nitrogens with one attached hydrogen (secondary N) is 3. The van der Waals surface area contributed by atoms with Crippen LogP contribution in [0.1, 0.15) is 40.9 Å². The van der Waals surface area contributed by atoms with Crippen molar-refractivity contribution in [3.05, 3.63) is 81.9 Å². The number of carbonyl (C=O) groups is 3. The summed E-state index contributed by atoms with van der Waals surface area (Å²) in [6.07, 6.45) is 0.117. The van der Waals surface area contributed by atoms with Crippen molar-refractivity contribution in [1.29, 1.82) is 0 Å². The van der Waals surface area contributed by atoms with E-state index in [1.165, 1.54) is 30.5 Å². The summed E-state index contributed by atoms with van der Waals surface area (Å²) >= 11 is 0. The van der Waals surface area contributed by atoms with E-state index in [1.54, 1.807) is 31.2 Å². The van der Waals surface area contributed by atoms with Crippen LogP contribution >= 0.6 is 0 Å². The van der Waals surface area contributed by atoms with Crippen LogP contribution in [0.15, 0.2) is 64.4 Å². The summed E-state index contributed by atoms with van der Waals surface area (Å²) in [5.74, 6) is -3.77. The van der Waals surface area contributed by atoms with Crippen molar-refractivity contribution in [2.75, 3.05) is 16.8 Å². The number of benzene rings is 2. The van der Waals surface area contributed by atoms with Crippen molar-refractivity contribution >= 4 is 50.4 Å². The van der Waals surface area contributed by atoms with Gasteiger partial charge in [0.2, 0.25) is 11.9 Å². The highest BCUT2D eigenvalue weighted by Gasteiger charge is 2.41. The molecule has 1 atom stereocenters. The van der Waals surface area contributed by atoms with Gasteiger partial charge in [0.15, 0.2) is 21.0 Å². The molecule has 4 rings (SSSR count). The quantitative estimate of drug-likeness (QED) is 0.122. The van der Waals surface area contributed by atoms with E-state index in [-0.39, 0.29) is 34.1 Å². The van der Waals surface area contributed by atoms with Crippen molar-refractivity contribution in [2.45, 2.75) is 43.2 Å². The highest BCUT2D eigenvalue weighted by Crippen LogP contribution is 2.24. The Kier molecular flexibility index (Phi) is 9.23. The molecule has 0 aliphatic heterocycles. The zero-order chi connectivity index (χ0) is 32.1. The predicted molar refractivity (Wildman–Crippen MR) is 160 cm³/mol. The third-order valence-electron chi connectivity index (χ3n) is 6.84. The van der Waals surface area contributed by atoms with Crippen LogP contribution in [0.2, 0.25) is 0 Å². The zero-order valence-corrected chi connectivity index (χ0v) is 24.3. The van der Waals surface area contributed by atoms with E-state index < -0.39 is 63.7 Å². The summed E-state index contributed by atoms with van der Waals surface area (Å²) in [5.41, 5.74) is 10.2. The van der Waals surface area contributed by atoms with Crippen LogP contribution in [0.4, 0.5) is 11.6 Å². The molecule has 15 nitrogen and oxygen atoms in total. The van der Waals surface area contributed by atoms with Gasteiger partial charge in [-0.25, -0.2) is 23.2 Å². The molecule has 0 saturated carbocycles. The lowest BCUT2D eigenvalue weighted by Gasteiger charge is -2.30. The fraction of sp³-hybridized carbons (Fsp3) is 0.250. The second kappa shape index (κ2) is 12.9. The first-order valence-electron chi connectivity index (χ1n) is 13.3. The minimum atomic E-state index is -3.91. The number of nitrogen functional groups attached to an aromatic ring is 1. The molecule has 4 aromatic rings. The molecule has 2 heterocycles. The summed E-state index contributed by atoms with van der Waals surface area (Å²) in [4.78, 5) is 63.9. The monoisotopic (exact) mass is 622 g/mol. The van der Waals surface area contributed by atoms with Gasteiger partial charge in [-0.15, -0.1) is 0 Å². The maximum atomic E-state index is 13.2. The number of amides is 2. The summed E-state index contributed by atoms with van der Waals surface area (Å²) < 4.78 is 25.9. The van der Waals surface area contributed by atoms with E-state index in [1.807, 2.05) is 0 Å². The maximum Gasteiger partial charge on any atom is 0.329 e. The van der Waals surface area contributed by atoms with Crippen LogP contribution < -0.4 is 27.7 Å². The van der Waals surface area contributed by atoms with Gasteiger partial charge >= 0.3 is 5.97 Å². The number of carboxylic acids is 1. The van der Waals surface area contributed by atoms with Gasteiger partial charge in [-0.05, 0) is 56.2 Å². The average molecular weight is 623 g/mol. The van der Waals surface area contributed by atoms with E-state index in [4.69, 9.17) is 11.5 Å². The van der Waals surface area contributed by atoms with E-state index in [0.717, 1.165) is 5.56 Å². The van der Waals surface area contributed by atoms with Crippen LogP contribution in [0, 0.1) is 6.92 Å². The number of hydrogen-bond acceptors (Lipinski definition) is 11. The van der Waals surface area contributed by atoms with Gasteiger partial charge in [0.1, 0.15) is 5.54 Å². The number of aryl methyl sites for hydroxylation is 1. The summed E-state index contributed by atoms with van der Waals surface area (Å²) in [7, 11) is -3.91. The van der Waals surface area contributed by atoms with Gasteiger partial charge < -0.3 is 27.2 Å². The number of carbonyl (C=O) groups excluding carboxylic acids is 2. The van der Waals surface area contributed by atoms with Crippen molar-refractivity contribution in [3.8, 4) is 0 Å². The van der Waals surface area contributed by atoms with Gasteiger partial charge in [0.25, 0.3) is 11.5 Å². The van der Waals surface area contributed by atoms with Gasteiger partial charge in [0, 0.05) is 17.7 Å². The third kappa shape index (κ3) is 7.52. The molecule has 2 aromatic heterocycles. The number of carboxylic acid groups (broad SMARTS) is 1. The van der Waals surface area contributed by atoms with Gasteiger partial charge in [-0.1, -0.05) is 17.7 Å². The molecule has 8 N–H and O–H groups in total. The minimum absolute atomic E-state index is 0.00883. The number of primary amides is 1. The molecular formula is C28H30N8O7S. The predicted octanol–water partition coefficient (Wildman–Crippen LogP) is 0.899. The summed E-state index contributed by atoms with van der Waals surface area (Å²) in [6, 6.07) is 12.1. The van der Waals surface area contributed by atoms with E-state index in [9.17, 15) is 32.7 Å². The Bertz CT molecular complexity index is 1880. The zero-order valence-electron chi connectivity index (χ0n) is 23.5. The molecule has 2 amide bonds. The molecule has 0 saturated heterocycles. The Hall–Kier alpha value is -5.38. The van der Waals surface area contributed by atoms with Crippen LogP contribution in [0.5, 0.6) is 0 Å². The Morgan fingerprint density at radius 1 is 1.02 bits per heavy atom. The topological polar surface area (TPSA) is 253 Å². The van der Waals surface area contributed by atoms with Crippen LogP contribution in [0.3, 0.4) is 0 Å². The molecule has 230 valence electrons. The van der Waals surface area contributed by atoms with Crippen LogP contribution in [0.25, 0.3) is 11.2 Å². The molecule has 0 fully saturated rings. The van der Waals surface area contributed by atoms with Crippen LogP contribution in [-0.4, -0.2) is 62.5 Å². The van der Waals surface area contributed by atoms with E-state index >= 15 is 0 Å². The number of nitrogens with zero attached hydrogens (tertiary/aromatic N) is 3. The maximum absolute atomic E-state index is 13.2. The number of aliphatic carboxylic acids is 1. The molecule has 0 aliphatic rings. The fourth-order valence-corrected chi connectivity index (χ4v) is 5.71. The van der Waals surface area contributed by atoms with Gasteiger partial charge in [-0.2, -0.15) is 4.98 Å². The number of aromatic amines is 1. The molecule has 16 heteroatoms. The Balaban J connectivity index is 1.48. The van der Waals surface area contributed by atoms with Gasteiger partial charge in [0.05, 0.1) is 29.1 Å². The van der Waals surface area contributed by atoms with Crippen molar-refractivity contribution in [2.24, 2.45) is 5.73 Å². The number of H-pyrrole nitrogens is 1. The number of hydrogen-bond donors (Lipinski definition) is 6. The summed E-state index contributed by atoms with van der Waals surface area (Å²) in [6.45, 7) is 1.97. The van der Waals surface area contributed by atoms with Crippen LogP contribution in [-0.2, 0) is 26.0 Å². The first-order chi connectivity index (χ1) is 20.8. The molecule has 44 heavy (non-hydrogen) atoms. The number of anilines is 2. The highest BCUT2D eigenvalue weighted by atomic mass is 32.2. The molecule has 0 aliphatic carbocycles. The third-order valence-corrected chi connectivity index (χ3v) is 8.58. The van der Waals surface area contributed by atoms with E-state index in [0.29, 0.717) is 11.4 Å². The lowest BCUT2D eigenvalue weighted by molar-refractivity contribution is -0.145. The Morgan fingerprint density at radius 3 is 2.34 bits per heavy atom. The van der Waals surface area contributed by atoms with Gasteiger partial charge in [-0.3, -0.25) is 19.4 Å². The molecule has 1 unspecified atom stereocenters. The lowest BCUT2D eigenvalue weighted by atomic mass is 9.89. The first kappa shape index (κ1) is 31.6. The van der Waals surface area contributed by atoms with Crippen molar-refractivity contribution in [3.63, 3.8) is 0 Å². The van der Waals surface area contributed by atoms with E-state index in [2.05, 4.69) is 30.6 Å². The molecule has 0 bridgehead atoms. The molecular weight excluding hydrogens is 592 g/mol. The molecule has 2 aromatic carbocycles. The Morgan fingerprint density at radius 2 is 1.70 bits per heavy atom. The standard InChI is InChI=1S/C28H30N8O7S/c1-16-2-8-20(9-3-16)44(42,43)13-12-28(26(40)41,11-10-21(29)37)36-24(38)17-4-6-18(7-5-17)31-14-19-15-32-23-22(33-19)25(39)35-27(30)34-23/h2-9,15,31H,10-14H2,1H3,(H2,29,37)(H,36,38)(H,40,41)(H3,30,32,34,35,39). The number of rotatable bonds is 13. The number of nitrogens with two attached hydrogens (primary N) is 2. The largest absolute Gasteiger partial charge is 0.480 e. The lowest BCUT2D eigenvalue weighted by Crippen LogP contribution is -2.55. The SMILES string of the molecule is Cc1ccc(S(=O)(=O)CCC(CCC(N)=O)(NC(=O)c2ccc(NCc3cnc4nc(N)[nH]c(=O)c4n3)cc2)C(=O)O)cc1. The van der Waals surface area contributed by atoms with Crippen molar-refractivity contribution < 1.29 is 27.9 Å². The second-order valence-corrected chi connectivity index (χ2v) is 12.2. The second-order valence-electron chi connectivity index (χ2n) is 10.1. The highest BCUT2D eigenvalue weighted by molar-refractivity contribution is 7.91. The normalized spacial score (nSPS) is 12.8. The minimum Gasteiger partial charge on any atom is -0.480 e. The smallest absolute Gasteiger partial charge is 0.329 e. The molecule has 0 radical (unpaired) electrons. The summed E-state index contributed by atoms with van der Waals surface area (Å²) in [5, 5.41) is 15.7. The number of sulfone groups is 1. The number of aromatic nitrogens is 4. The fourth-order valence-electron chi connectivity index (χ4n) is 4.30. The first-order valence-corrected chi connectivity index (χ1v) is 14.9. The van der Waals surface area contributed by atoms with Crippen molar-refractivity contribution in [1.82, 2.24) is 25.3 Å². The Labute approximate surface area is 251 Å². The molecule has 0 spiro atoms.